The number of carboxylic acid groups (broad SMARTS) is 1. The van der Waals surface area contributed by atoms with Crippen LogP contribution in [0.25, 0.3) is 0 Å². The van der Waals surface area contributed by atoms with E-state index in [1.807, 2.05) is 26.1 Å². The van der Waals surface area contributed by atoms with Crippen molar-refractivity contribution in [2.24, 2.45) is 23.7 Å². The highest BCUT2D eigenvalue weighted by Gasteiger charge is 2.52. The summed E-state index contributed by atoms with van der Waals surface area (Å²) in [6.07, 6.45) is 7.82. The number of aliphatic carboxylic acids is 1. The van der Waals surface area contributed by atoms with Crippen molar-refractivity contribution >= 4 is 23.6 Å². The number of rotatable bonds is 6. The number of carboxylic acids is 1. The minimum atomic E-state index is -0.828. The van der Waals surface area contributed by atoms with Gasteiger partial charge in [-0.2, -0.15) is 11.8 Å². The highest BCUT2D eigenvalue weighted by Crippen LogP contribution is 2.48. The number of carbonyl (C=O) groups is 2. The number of thioether (sulfide) groups is 1. The summed E-state index contributed by atoms with van der Waals surface area (Å²) in [6, 6.07) is 0.160. The summed E-state index contributed by atoms with van der Waals surface area (Å²) >= 11 is 1.77. The Morgan fingerprint density at radius 3 is 2.50 bits per heavy atom. The molecule has 2 bridgehead atoms. The molecule has 2 aliphatic rings. The molecule has 0 aromatic heterocycles. The van der Waals surface area contributed by atoms with Gasteiger partial charge in [-0.25, -0.2) is 0 Å². The molecule has 20 heavy (non-hydrogen) atoms. The van der Waals surface area contributed by atoms with Crippen LogP contribution < -0.4 is 0 Å². The number of allylic oxidation sites excluding steroid dienone is 2. The lowest BCUT2D eigenvalue weighted by molar-refractivity contribution is -0.151. The molecule has 0 radical (unpaired) electrons. The largest absolute Gasteiger partial charge is 0.481 e. The lowest BCUT2D eigenvalue weighted by Crippen LogP contribution is -2.44. The number of hydrogen-bond donors (Lipinski definition) is 1. The maximum atomic E-state index is 12.7. The van der Waals surface area contributed by atoms with E-state index in [9.17, 15) is 14.7 Å². The second-order valence-corrected chi connectivity index (χ2v) is 6.90. The molecule has 1 N–H and O–H groups in total. The maximum absolute atomic E-state index is 12.7. The van der Waals surface area contributed by atoms with E-state index >= 15 is 0 Å². The van der Waals surface area contributed by atoms with Crippen LogP contribution in [0.1, 0.15) is 19.8 Å². The normalized spacial score (nSPS) is 32.4. The van der Waals surface area contributed by atoms with Crippen molar-refractivity contribution in [1.29, 1.82) is 0 Å². The monoisotopic (exact) mass is 297 g/mol. The Bertz CT molecular complexity index is 423. The fraction of sp³-hybridized carbons (Fsp3) is 0.733. The summed E-state index contributed by atoms with van der Waals surface area (Å²) in [5.74, 6) is -0.562. The molecule has 0 spiro atoms. The Morgan fingerprint density at radius 2 is 1.95 bits per heavy atom. The van der Waals surface area contributed by atoms with Gasteiger partial charge < -0.3 is 10.0 Å². The predicted octanol–water partition coefficient (Wildman–Crippen LogP) is 2.11. The minimum absolute atomic E-state index is 0.00264. The van der Waals surface area contributed by atoms with Crippen LogP contribution in [0.2, 0.25) is 0 Å². The van der Waals surface area contributed by atoms with Gasteiger partial charge >= 0.3 is 5.97 Å². The molecule has 5 atom stereocenters. The topological polar surface area (TPSA) is 57.6 Å². The van der Waals surface area contributed by atoms with Crippen molar-refractivity contribution in [2.45, 2.75) is 25.8 Å². The molecule has 112 valence electrons. The predicted molar refractivity (Wildman–Crippen MR) is 80.6 cm³/mol. The summed E-state index contributed by atoms with van der Waals surface area (Å²) in [6.45, 7) is 2.03. The van der Waals surface area contributed by atoms with Gasteiger partial charge in [0.2, 0.25) is 5.91 Å². The van der Waals surface area contributed by atoms with Crippen molar-refractivity contribution in [3.8, 4) is 0 Å². The van der Waals surface area contributed by atoms with Crippen molar-refractivity contribution in [3.05, 3.63) is 12.2 Å². The molecule has 0 aromatic carbocycles. The molecule has 2 rings (SSSR count). The van der Waals surface area contributed by atoms with Gasteiger partial charge in [0.05, 0.1) is 11.8 Å². The van der Waals surface area contributed by atoms with Crippen molar-refractivity contribution in [2.75, 3.05) is 19.1 Å². The Morgan fingerprint density at radius 1 is 1.35 bits per heavy atom. The van der Waals surface area contributed by atoms with Crippen LogP contribution in [0, 0.1) is 23.7 Å². The first-order valence-corrected chi connectivity index (χ1v) is 8.53. The number of amides is 1. The third kappa shape index (κ3) is 2.73. The van der Waals surface area contributed by atoms with E-state index in [0.29, 0.717) is 0 Å². The van der Waals surface area contributed by atoms with Crippen LogP contribution in [0.3, 0.4) is 0 Å². The quantitative estimate of drug-likeness (QED) is 0.763. The second-order valence-electron chi connectivity index (χ2n) is 5.92. The zero-order chi connectivity index (χ0) is 14.9. The fourth-order valence-electron chi connectivity index (χ4n) is 3.43. The molecule has 1 saturated carbocycles. The van der Waals surface area contributed by atoms with Gasteiger partial charge in [-0.15, -0.1) is 0 Å². The number of fused-ring (bicyclic) bond motifs is 2. The molecule has 1 fully saturated rings. The molecule has 0 saturated heterocycles. The minimum Gasteiger partial charge on any atom is -0.481 e. The highest BCUT2D eigenvalue weighted by atomic mass is 32.2. The molecular weight excluding hydrogens is 274 g/mol. The van der Waals surface area contributed by atoms with Gasteiger partial charge in [-0.05, 0) is 43.6 Å². The Kier molecular flexibility index (Phi) is 4.78. The number of hydrogen-bond acceptors (Lipinski definition) is 3. The summed E-state index contributed by atoms with van der Waals surface area (Å²) in [5, 5.41) is 9.41. The van der Waals surface area contributed by atoms with Crippen molar-refractivity contribution in [3.63, 3.8) is 0 Å². The van der Waals surface area contributed by atoms with Crippen LogP contribution in [0.15, 0.2) is 12.2 Å². The maximum Gasteiger partial charge on any atom is 0.307 e. The molecule has 5 unspecified atom stereocenters. The molecule has 1 amide bonds. The third-order valence-electron chi connectivity index (χ3n) is 4.78. The van der Waals surface area contributed by atoms with Crippen molar-refractivity contribution in [1.82, 2.24) is 4.90 Å². The van der Waals surface area contributed by atoms with Gasteiger partial charge in [-0.1, -0.05) is 12.2 Å². The molecule has 5 heteroatoms. The fourth-order valence-corrected chi connectivity index (χ4v) is 4.01. The van der Waals surface area contributed by atoms with E-state index < -0.39 is 11.9 Å². The standard InChI is InChI=1S/C15H23NO3S/c1-9(6-7-20-3)16(2)14(17)12-10-4-5-11(8-10)13(12)15(18)19/h4-5,9-13H,6-8H2,1-3H3,(H,18,19). The first-order valence-electron chi connectivity index (χ1n) is 7.14. The van der Waals surface area contributed by atoms with Gasteiger partial charge in [-0.3, -0.25) is 9.59 Å². The molecule has 2 aliphatic carbocycles. The van der Waals surface area contributed by atoms with Gasteiger partial charge in [0.1, 0.15) is 0 Å². The highest BCUT2D eigenvalue weighted by molar-refractivity contribution is 7.98. The number of nitrogens with zero attached hydrogens (tertiary/aromatic N) is 1. The van der Waals surface area contributed by atoms with Gasteiger partial charge in [0.15, 0.2) is 0 Å². The van der Waals surface area contributed by atoms with Gasteiger partial charge in [0, 0.05) is 13.1 Å². The molecule has 0 aliphatic heterocycles. The zero-order valence-corrected chi connectivity index (χ0v) is 13.1. The molecule has 4 nitrogen and oxygen atoms in total. The van der Waals surface area contributed by atoms with Crippen LogP contribution >= 0.6 is 11.8 Å². The first-order chi connectivity index (χ1) is 9.47. The average Bonchev–Trinajstić information content (AvgIpc) is 3.03. The van der Waals surface area contributed by atoms with Crippen molar-refractivity contribution < 1.29 is 14.7 Å². The Hall–Kier alpha value is -0.970. The second kappa shape index (κ2) is 6.20. The summed E-state index contributed by atoms with van der Waals surface area (Å²) in [4.78, 5) is 25.9. The molecular formula is C15H23NO3S. The zero-order valence-electron chi connectivity index (χ0n) is 12.3. The molecule has 0 heterocycles. The first kappa shape index (κ1) is 15.4. The van der Waals surface area contributed by atoms with E-state index in [0.717, 1.165) is 18.6 Å². The lowest BCUT2D eigenvalue weighted by Gasteiger charge is -2.32. The smallest absolute Gasteiger partial charge is 0.307 e. The van der Waals surface area contributed by atoms with Gasteiger partial charge in [0.25, 0.3) is 0 Å². The van der Waals surface area contributed by atoms with E-state index in [-0.39, 0.29) is 29.7 Å². The lowest BCUT2D eigenvalue weighted by atomic mass is 9.82. The Balaban J connectivity index is 2.08. The van der Waals surface area contributed by atoms with E-state index in [2.05, 4.69) is 6.26 Å². The molecule has 0 aromatic rings. The van der Waals surface area contributed by atoms with E-state index in [1.54, 1.807) is 16.7 Å². The van der Waals surface area contributed by atoms with Crippen LogP contribution in [0.4, 0.5) is 0 Å². The van der Waals surface area contributed by atoms with E-state index in [4.69, 9.17) is 0 Å². The van der Waals surface area contributed by atoms with Crippen LogP contribution in [-0.4, -0.2) is 47.0 Å². The summed E-state index contributed by atoms with van der Waals surface area (Å²) in [5.41, 5.74) is 0. The SMILES string of the molecule is CSCCC(C)N(C)C(=O)C1C2C=CC(C2)C1C(=O)O. The summed E-state index contributed by atoms with van der Waals surface area (Å²) in [7, 11) is 1.81. The van der Waals surface area contributed by atoms with E-state index in [1.165, 1.54) is 0 Å². The third-order valence-corrected chi connectivity index (χ3v) is 5.42. The van der Waals surface area contributed by atoms with Crippen LogP contribution in [-0.2, 0) is 9.59 Å². The number of carbonyl (C=O) groups excluding carboxylic acids is 1. The average molecular weight is 297 g/mol. The van der Waals surface area contributed by atoms with Crippen LogP contribution in [0.5, 0.6) is 0 Å². The summed E-state index contributed by atoms with van der Waals surface area (Å²) < 4.78 is 0. The Labute approximate surface area is 124 Å².